The summed E-state index contributed by atoms with van der Waals surface area (Å²) in [4.78, 5) is 2.41. The van der Waals surface area contributed by atoms with Gasteiger partial charge in [0.25, 0.3) is 0 Å². The van der Waals surface area contributed by atoms with Crippen LogP contribution in [-0.4, -0.2) is 4.57 Å². The Bertz CT molecular complexity index is 2760. The van der Waals surface area contributed by atoms with E-state index in [1.165, 1.54) is 66.3 Å². The Labute approximate surface area is 297 Å². The predicted molar refractivity (Wildman–Crippen MR) is 212 cm³/mol. The first kappa shape index (κ1) is 28.2. The highest BCUT2D eigenvalue weighted by molar-refractivity contribution is 6.10. The minimum atomic E-state index is -0.356. The molecule has 0 N–H and O–H groups in total. The van der Waals surface area contributed by atoms with Gasteiger partial charge in [-0.2, -0.15) is 0 Å². The molecule has 0 bridgehead atoms. The van der Waals surface area contributed by atoms with Crippen molar-refractivity contribution >= 4 is 38.9 Å². The van der Waals surface area contributed by atoms with Crippen molar-refractivity contribution < 1.29 is 0 Å². The van der Waals surface area contributed by atoms with Crippen molar-refractivity contribution in [3.63, 3.8) is 0 Å². The standard InChI is InChI=1S/C49H32N2/c1-3-15-33(16-4-1)50(36-27-29-41-40-22-10-14-26-47(40)51(48(41)32-36)34-17-5-2-6-18-34)35-28-30-46-42(31-35)39-21-9-13-25-45(39)49(46)43-23-11-7-19-37(43)38-20-8-12-24-44(38)49/h1-32H. The van der Waals surface area contributed by atoms with E-state index in [-0.39, 0.29) is 5.41 Å². The Morgan fingerprint density at radius 2 is 0.824 bits per heavy atom. The molecule has 8 aromatic carbocycles. The molecule has 0 atom stereocenters. The molecule has 2 heteroatoms. The fraction of sp³-hybridized carbons (Fsp3) is 0.0204. The SMILES string of the molecule is c1ccc(N(c2ccc3c(c2)-c2ccccc2C32c3ccccc3-c3ccccc32)c2ccc3c4ccccc4n(-c4ccccc4)c3c2)cc1. The van der Waals surface area contributed by atoms with E-state index in [1.54, 1.807) is 0 Å². The van der Waals surface area contributed by atoms with Crippen molar-refractivity contribution in [3.8, 4) is 27.9 Å². The van der Waals surface area contributed by atoms with E-state index < -0.39 is 0 Å². The zero-order valence-electron chi connectivity index (χ0n) is 27.9. The molecule has 1 heterocycles. The van der Waals surface area contributed by atoms with Crippen LogP contribution in [0.3, 0.4) is 0 Å². The molecule has 0 aliphatic heterocycles. The van der Waals surface area contributed by atoms with E-state index in [0.29, 0.717) is 0 Å². The van der Waals surface area contributed by atoms with Crippen LogP contribution >= 0.6 is 0 Å². The van der Waals surface area contributed by atoms with Crippen LogP contribution in [0.1, 0.15) is 22.3 Å². The lowest BCUT2D eigenvalue weighted by atomic mass is 9.70. The van der Waals surface area contributed by atoms with Gasteiger partial charge in [-0.25, -0.2) is 0 Å². The van der Waals surface area contributed by atoms with Crippen molar-refractivity contribution in [2.45, 2.75) is 5.41 Å². The van der Waals surface area contributed by atoms with Gasteiger partial charge in [0, 0.05) is 33.5 Å². The van der Waals surface area contributed by atoms with Gasteiger partial charge in [-0.3, -0.25) is 0 Å². The summed E-state index contributed by atoms with van der Waals surface area (Å²) in [6.07, 6.45) is 0. The maximum Gasteiger partial charge on any atom is 0.0725 e. The van der Waals surface area contributed by atoms with E-state index in [1.807, 2.05) is 0 Å². The molecule has 1 aromatic heterocycles. The van der Waals surface area contributed by atoms with Crippen molar-refractivity contribution in [3.05, 3.63) is 216 Å². The number of hydrogen-bond donors (Lipinski definition) is 0. The number of para-hydroxylation sites is 3. The molecule has 11 rings (SSSR count). The Morgan fingerprint density at radius 3 is 1.51 bits per heavy atom. The Balaban J connectivity index is 1.16. The maximum absolute atomic E-state index is 2.43. The quantitative estimate of drug-likeness (QED) is 0.184. The lowest BCUT2D eigenvalue weighted by Gasteiger charge is -2.31. The fourth-order valence-corrected chi connectivity index (χ4v) is 9.20. The van der Waals surface area contributed by atoms with Crippen LogP contribution in [0.4, 0.5) is 17.1 Å². The predicted octanol–water partition coefficient (Wildman–Crippen LogP) is 12.6. The summed E-state index contributed by atoms with van der Waals surface area (Å²) in [5.74, 6) is 0. The molecule has 0 amide bonds. The normalized spacial score (nSPS) is 13.3. The van der Waals surface area contributed by atoms with Crippen molar-refractivity contribution in [2.24, 2.45) is 0 Å². The van der Waals surface area contributed by atoms with Gasteiger partial charge < -0.3 is 9.47 Å². The van der Waals surface area contributed by atoms with Gasteiger partial charge in [0.2, 0.25) is 0 Å². The van der Waals surface area contributed by atoms with E-state index in [2.05, 4.69) is 204 Å². The minimum Gasteiger partial charge on any atom is -0.310 e. The summed E-state index contributed by atoms with van der Waals surface area (Å²) in [5.41, 5.74) is 17.2. The highest BCUT2D eigenvalue weighted by Crippen LogP contribution is 2.63. The number of nitrogens with zero attached hydrogens (tertiary/aromatic N) is 2. The Hall–Kier alpha value is -6.64. The zero-order valence-corrected chi connectivity index (χ0v) is 27.9. The number of hydrogen-bond acceptors (Lipinski definition) is 1. The molecular formula is C49H32N2. The second-order valence-corrected chi connectivity index (χ2v) is 13.7. The molecule has 2 aliphatic rings. The lowest BCUT2D eigenvalue weighted by molar-refractivity contribution is 0.794. The molecule has 0 fully saturated rings. The smallest absolute Gasteiger partial charge is 0.0725 e. The van der Waals surface area contributed by atoms with Gasteiger partial charge >= 0.3 is 0 Å². The summed E-state index contributed by atoms with van der Waals surface area (Å²) in [7, 11) is 0. The largest absolute Gasteiger partial charge is 0.310 e. The van der Waals surface area contributed by atoms with Crippen LogP contribution < -0.4 is 4.90 Å². The molecule has 1 spiro atoms. The van der Waals surface area contributed by atoms with Gasteiger partial charge in [0.05, 0.1) is 16.4 Å². The molecule has 238 valence electrons. The third kappa shape index (κ3) is 3.82. The van der Waals surface area contributed by atoms with E-state index >= 15 is 0 Å². The highest BCUT2D eigenvalue weighted by atomic mass is 15.1. The van der Waals surface area contributed by atoms with Crippen LogP contribution in [0.2, 0.25) is 0 Å². The molecular weight excluding hydrogens is 617 g/mol. The van der Waals surface area contributed by atoms with Crippen molar-refractivity contribution in [1.29, 1.82) is 0 Å². The van der Waals surface area contributed by atoms with Gasteiger partial charge in [0.15, 0.2) is 0 Å². The van der Waals surface area contributed by atoms with Crippen LogP contribution in [0.25, 0.3) is 49.7 Å². The van der Waals surface area contributed by atoms with Gasteiger partial charge in [0.1, 0.15) is 0 Å². The first-order valence-electron chi connectivity index (χ1n) is 17.7. The van der Waals surface area contributed by atoms with Crippen molar-refractivity contribution in [1.82, 2.24) is 4.57 Å². The van der Waals surface area contributed by atoms with Gasteiger partial charge in [-0.05, 0) is 99.1 Å². The third-order valence-corrected chi connectivity index (χ3v) is 11.2. The van der Waals surface area contributed by atoms with E-state index in [4.69, 9.17) is 0 Å². The number of fused-ring (bicyclic) bond motifs is 13. The summed E-state index contributed by atoms with van der Waals surface area (Å²) >= 11 is 0. The molecule has 0 unspecified atom stereocenters. The summed E-state index contributed by atoms with van der Waals surface area (Å²) in [5, 5.41) is 2.50. The Morgan fingerprint density at radius 1 is 0.333 bits per heavy atom. The number of benzene rings is 8. The first-order chi connectivity index (χ1) is 25.3. The maximum atomic E-state index is 2.43. The second-order valence-electron chi connectivity index (χ2n) is 13.7. The number of rotatable bonds is 4. The van der Waals surface area contributed by atoms with Crippen molar-refractivity contribution in [2.75, 3.05) is 4.90 Å². The fourth-order valence-electron chi connectivity index (χ4n) is 9.20. The third-order valence-electron chi connectivity index (χ3n) is 11.2. The summed E-state index contributed by atoms with van der Waals surface area (Å²) in [6.45, 7) is 0. The highest BCUT2D eigenvalue weighted by Gasteiger charge is 2.51. The first-order valence-corrected chi connectivity index (χ1v) is 17.7. The Kier molecular flexibility index (Phi) is 5.91. The lowest BCUT2D eigenvalue weighted by Crippen LogP contribution is -2.25. The zero-order chi connectivity index (χ0) is 33.5. The molecule has 51 heavy (non-hydrogen) atoms. The summed E-state index contributed by atoms with van der Waals surface area (Å²) in [6, 6.07) is 71.4. The average molecular weight is 649 g/mol. The molecule has 2 aliphatic carbocycles. The van der Waals surface area contributed by atoms with Crippen LogP contribution in [-0.2, 0) is 5.41 Å². The second kappa shape index (κ2) is 10.7. The van der Waals surface area contributed by atoms with Crippen LogP contribution in [0, 0.1) is 0 Å². The molecule has 2 nitrogen and oxygen atoms in total. The van der Waals surface area contributed by atoms with Gasteiger partial charge in [-0.1, -0.05) is 140 Å². The van der Waals surface area contributed by atoms with Gasteiger partial charge in [-0.15, -0.1) is 0 Å². The number of anilines is 3. The monoisotopic (exact) mass is 648 g/mol. The van der Waals surface area contributed by atoms with Crippen LogP contribution in [0.15, 0.2) is 194 Å². The average Bonchev–Trinajstić information content (AvgIpc) is 3.80. The molecule has 0 radical (unpaired) electrons. The van der Waals surface area contributed by atoms with E-state index in [9.17, 15) is 0 Å². The summed E-state index contributed by atoms with van der Waals surface area (Å²) < 4.78 is 2.40. The molecule has 0 saturated carbocycles. The molecule has 0 saturated heterocycles. The topological polar surface area (TPSA) is 8.17 Å². The van der Waals surface area contributed by atoms with E-state index in [0.717, 1.165) is 22.7 Å². The van der Waals surface area contributed by atoms with Crippen LogP contribution in [0.5, 0.6) is 0 Å². The minimum absolute atomic E-state index is 0.356. The molecule has 9 aromatic rings. The number of aromatic nitrogens is 1.